The molecule has 0 aliphatic rings. The van der Waals surface area contributed by atoms with E-state index in [9.17, 15) is 0 Å². The molecule has 2 heteroatoms. The van der Waals surface area contributed by atoms with Crippen molar-refractivity contribution in [2.75, 3.05) is 13.3 Å². The molecular formula is C6H15NS. The highest BCUT2D eigenvalue weighted by atomic mass is 32.2. The van der Waals surface area contributed by atoms with E-state index in [1.165, 1.54) is 12.8 Å². The van der Waals surface area contributed by atoms with Gasteiger partial charge in [0.25, 0.3) is 0 Å². The van der Waals surface area contributed by atoms with Crippen LogP contribution in [0.15, 0.2) is 0 Å². The number of thioether (sulfide) groups is 1. The van der Waals surface area contributed by atoms with Crippen molar-refractivity contribution in [3.05, 3.63) is 0 Å². The van der Waals surface area contributed by atoms with Gasteiger partial charge >= 0.3 is 0 Å². The fourth-order valence-electron chi connectivity index (χ4n) is 0.642. The van der Waals surface area contributed by atoms with Gasteiger partial charge in [-0.3, -0.25) is 0 Å². The molecule has 0 bridgehead atoms. The number of nitrogens with one attached hydrogen (secondary N) is 1. The summed E-state index contributed by atoms with van der Waals surface area (Å²) in [6.07, 6.45) is 4.68. The highest BCUT2D eigenvalue weighted by molar-refractivity contribution is 7.99. The van der Waals surface area contributed by atoms with Gasteiger partial charge < -0.3 is 5.32 Å². The van der Waals surface area contributed by atoms with Crippen molar-refractivity contribution in [2.45, 2.75) is 25.1 Å². The molecule has 0 rings (SSSR count). The van der Waals surface area contributed by atoms with Crippen molar-refractivity contribution < 1.29 is 0 Å². The zero-order valence-corrected chi connectivity index (χ0v) is 6.72. The first-order valence-electron chi connectivity index (χ1n) is 3.05. The third kappa shape index (κ3) is 3.33. The first kappa shape index (κ1) is 8.31. The Morgan fingerprint density at radius 1 is 1.62 bits per heavy atom. The van der Waals surface area contributed by atoms with Crippen LogP contribution in [-0.4, -0.2) is 18.7 Å². The van der Waals surface area contributed by atoms with Crippen molar-refractivity contribution >= 4 is 11.8 Å². The normalized spacial score (nSPS) is 13.9. The Balaban J connectivity index is 3.07. The quantitative estimate of drug-likeness (QED) is 0.586. The average molecular weight is 133 g/mol. The maximum atomic E-state index is 3.22. The molecule has 0 aromatic carbocycles. The minimum absolute atomic E-state index is 0.667. The van der Waals surface area contributed by atoms with Gasteiger partial charge in [0.1, 0.15) is 0 Å². The second kappa shape index (κ2) is 5.45. The van der Waals surface area contributed by atoms with Crippen LogP contribution in [0.4, 0.5) is 0 Å². The van der Waals surface area contributed by atoms with Gasteiger partial charge in [-0.2, -0.15) is 0 Å². The Labute approximate surface area is 56.2 Å². The summed E-state index contributed by atoms with van der Waals surface area (Å²) in [6, 6.07) is 0. The van der Waals surface area contributed by atoms with E-state index >= 15 is 0 Å². The van der Waals surface area contributed by atoms with Crippen LogP contribution in [0.2, 0.25) is 0 Å². The SMILES string of the molecule is CCCC(NC)SC. The van der Waals surface area contributed by atoms with E-state index < -0.39 is 0 Å². The first-order chi connectivity index (χ1) is 3.85. The van der Waals surface area contributed by atoms with Gasteiger partial charge in [0.05, 0.1) is 5.37 Å². The molecule has 0 radical (unpaired) electrons. The van der Waals surface area contributed by atoms with Crippen LogP contribution in [0.25, 0.3) is 0 Å². The zero-order chi connectivity index (χ0) is 6.41. The number of hydrogen-bond acceptors (Lipinski definition) is 2. The zero-order valence-electron chi connectivity index (χ0n) is 5.90. The van der Waals surface area contributed by atoms with Gasteiger partial charge in [-0.25, -0.2) is 0 Å². The molecule has 1 unspecified atom stereocenters. The summed E-state index contributed by atoms with van der Waals surface area (Å²) in [4.78, 5) is 0. The van der Waals surface area contributed by atoms with Crippen molar-refractivity contribution in [3.8, 4) is 0 Å². The van der Waals surface area contributed by atoms with E-state index in [0.717, 1.165) is 0 Å². The first-order valence-corrected chi connectivity index (χ1v) is 4.34. The van der Waals surface area contributed by atoms with Crippen molar-refractivity contribution in [1.82, 2.24) is 5.32 Å². The van der Waals surface area contributed by atoms with Crippen LogP contribution in [-0.2, 0) is 0 Å². The minimum Gasteiger partial charge on any atom is -0.308 e. The number of hydrogen-bond donors (Lipinski definition) is 1. The van der Waals surface area contributed by atoms with Crippen LogP contribution in [0.1, 0.15) is 19.8 Å². The third-order valence-electron chi connectivity index (χ3n) is 1.16. The highest BCUT2D eigenvalue weighted by Crippen LogP contribution is 2.07. The van der Waals surface area contributed by atoms with Gasteiger partial charge in [-0.05, 0) is 19.7 Å². The Hall–Kier alpha value is 0.310. The highest BCUT2D eigenvalue weighted by Gasteiger charge is 1.98. The molecular weight excluding hydrogens is 118 g/mol. The van der Waals surface area contributed by atoms with Crippen molar-refractivity contribution in [2.24, 2.45) is 0 Å². The third-order valence-corrected chi connectivity index (χ3v) is 2.20. The fourth-order valence-corrected chi connectivity index (χ4v) is 1.35. The Kier molecular flexibility index (Phi) is 5.66. The van der Waals surface area contributed by atoms with E-state index in [4.69, 9.17) is 0 Å². The molecule has 0 aliphatic heterocycles. The molecule has 0 aromatic heterocycles. The summed E-state index contributed by atoms with van der Waals surface area (Å²) in [5, 5.41) is 3.88. The molecule has 1 atom stereocenters. The molecule has 0 fully saturated rings. The monoisotopic (exact) mass is 133 g/mol. The van der Waals surface area contributed by atoms with Crippen molar-refractivity contribution in [3.63, 3.8) is 0 Å². The van der Waals surface area contributed by atoms with E-state index in [1.807, 2.05) is 18.8 Å². The molecule has 0 saturated heterocycles. The molecule has 0 amide bonds. The number of rotatable bonds is 4. The molecule has 1 N–H and O–H groups in total. The summed E-state index contributed by atoms with van der Waals surface area (Å²) in [7, 11) is 2.01. The molecule has 8 heavy (non-hydrogen) atoms. The smallest absolute Gasteiger partial charge is 0.0526 e. The van der Waals surface area contributed by atoms with E-state index in [1.54, 1.807) is 0 Å². The summed E-state index contributed by atoms with van der Waals surface area (Å²) in [5.74, 6) is 0. The molecule has 0 spiro atoms. The second-order valence-corrected chi connectivity index (χ2v) is 2.84. The van der Waals surface area contributed by atoms with Crippen LogP contribution in [0, 0.1) is 0 Å². The van der Waals surface area contributed by atoms with Gasteiger partial charge in [0.15, 0.2) is 0 Å². The lowest BCUT2D eigenvalue weighted by Crippen LogP contribution is -2.20. The van der Waals surface area contributed by atoms with E-state index in [0.29, 0.717) is 5.37 Å². The standard InChI is InChI=1S/C6H15NS/c1-4-5-6(7-2)8-3/h6-7H,4-5H2,1-3H3. The van der Waals surface area contributed by atoms with Gasteiger partial charge in [-0.1, -0.05) is 13.3 Å². The molecule has 0 saturated carbocycles. The van der Waals surface area contributed by atoms with Gasteiger partial charge in [-0.15, -0.1) is 11.8 Å². The second-order valence-electron chi connectivity index (χ2n) is 1.80. The predicted octanol–water partition coefficient (Wildman–Crippen LogP) is 1.70. The average Bonchev–Trinajstić information content (AvgIpc) is 1.83. The maximum Gasteiger partial charge on any atom is 0.0526 e. The van der Waals surface area contributed by atoms with Crippen LogP contribution in [0.3, 0.4) is 0 Å². The Bertz CT molecular complexity index is 43.8. The van der Waals surface area contributed by atoms with Crippen LogP contribution < -0.4 is 5.32 Å². The van der Waals surface area contributed by atoms with E-state index in [-0.39, 0.29) is 0 Å². The van der Waals surface area contributed by atoms with Crippen LogP contribution >= 0.6 is 11.8 Å². The summed E-state index contributed by atoms with van der Waals surface area (Å²) < 4.78 is 0. The van der Waals surface area contributed by atoms with Gasteiger partial charge in [0, 0.05) is 0 Å². The lowest BCUT2D eigenvalue weighted by atomic mass is 10.3. The largest absolute Gasteiger partial charge is 0.308 e. The maximum absolute atomic E-state index is 3.22. The van der Waals surface area contributed by atoms with Crippen molar-refractivity contribution in [1.29, 1.82) is 0 Å². The molecule has 50 valence electrons. The Morgan fingerprint density at radius 3 is 2.38 bits per heavy atom. The Morgan fingerprint density at radius 2 is 2.25 bits per heavy atom. The minimum atomic E-state index is 0.667. The molecule has 0 aromatic rings. The topological polar surface area (TPSA) is 12.0 Å². The molecule has 0 heterocycles. The molecule has 1 nitrogen and oxygen atoms in total. The van der Waals surface area contributed by atoms with E-state index in [2.05, 4.69) is 18.5 Å². The molecule has 0 aliphatic carbocycles. The lowest BCUT2D eigenvalue weighted by Gasteiger charge is -2.10. The summed E-state index contributed by atoms with van der Waals surface area (Å²) in [5.41, 5.74) is 0. The summed E-state index contributed by atoms with van der Waals surface area (Å²) >= 11 is 1.88. The van der Waals surface area contributed by atoms with Crippen LogP contribution in [0.5, 0.6) is 0 Å². The van der Waals surface area contributed by atoms with Gasteiger partial charge in [0.2, 0.25) is 0 Å². The lowest BCUT2D eigenvalue weighted by molar-refractivity contribution is 0.666. The predicted molar refractivity (Wildman–Crippen MR) is 41.3 cm³/mol. The fraction of sp³-hybridized carbons (Fsp3) is 1.00. The summed E-state index contributed by atoms with van der Waals surface area (Å²) in [6.45, 7) is 2.21.